The number of carbonyl (C=O) groups excluding carboxylic acids is 1. The highest BCUT2D eigenvalue weighted by molar-refractivity contribution is 5.92. The molecule has 0 saturated carbocycles. The van der Waals surface area contributed by atoms with E-state index >= 15 is 0 Å². The molecule has 23 heavy (non-hydrogen) atoms. The smallest absolute Gasteiger partial charge is 0.272 e. The summed E-state index contributed by atoms with van der Waals surface area (Å²) in [5.74, 6) is 1.10. The summed E-state index contributed by atoms with van der Waals surface area (Å²) < 4.78 is 0. The number of likely N-dealkylation sites (tertiary alicyclic amines) is 1. The Balaban J connectivity index is 2.11. The van der Waals surface area contributed by atoms with Gasteiger partial charge in [0.15, 0.2) is 0 Å². The third-order valence-corrected chi connectivity index (χ3v) is 4.44. The first-order valence-corrected chi connectivity index (χ1v) is 8.31. The van der Waals surface area contributed by atoms with Gasteiger partial charge in [0.2, 0.25) is 0 Å². The molecule has 0 N–H and O–H groups in total. The Kier molecular flexibility index (Phi) is 6.07. The number of likely N-dealkylation sites (N-methyl/N-ethyl adjacent to an activating group) is 2. The van der Waals surface area contributed by atoms with Gasteiger partial charge in [0.05, 0.1) is 0 Å². The van der Waals surface area contributed by atoms with Gasteiger partial charge in [-0.1, -0.05) is 0 Å². The minimum Gasteiger partial charge on any atom is -0.339 e. The van der Waals surface area contributed by atoms with Crippen molar-refractivity contribution >= 4 is 5.91 Å². The Hall–Kier alpha value is -1.53. The van der Waals surface area contributed by atoms with Crippen molar-refractivity contribution in [3.05, 3.63) is 23.3 Å². The standard InChI is InChI=1S/C17H29N5O/c1-13-18-15(14-6-8-21(4)9-7-14)12-16(19-13)17(23)22(5)11-10-20(2)3/h12,14H,6-11H2,1-5H3. The molecule has 1 fully saturated rings. The van der Waals surface area contributed by atoms with Crippen molar-refractivity contribution in [3.8, 4) is 0 Å². The molecule has 0 bridgehead atoms. The van der Waals surface area contributed by atoms with Gasteiger partial charge in [-0.3, -0.25) is 4.79 Å². The fraction of sp³-hybridized carbons (Fsp3) is 0.706. The van der Waals surface area contributed by atoms with Crippen LogP contribution in [-0.2, 0) is 0 Å². The average molecular weight is 319 g/mol. The lowest BCUT2D eigenvalue weighted by molar-refractivity contribution is 0.0779. The van der Waals surface area contributed by atoms with Crippen LogP contribution >= 0.6 is 0 Å². The lowest BCUT2D eigenvalue weighted by atomic mass is 9.93. The molecule has 0 aromatic carbocycles. The van der Waals surface area contributed by atoms with E-state index in [1.165, 1.54) is 0 Å². The lowest BCUT2D eigenvalue weighted by Gasteiger charge is -2.28. The van der Waals surface area contributed by atoms with Gasteiger partial charge in [-0.05, 0) is 60.1 Å². The van der Waals surface area contributed by atoms with Gasteiger partial charge in [0.25, 0.3) is 5.91 Å². The molecule has 1 aromatic rings. The number of piperidine rings is 1. The number of nitrogens with zero attached hydrogens (tertiary/aromatic N) is 5. The van der Waals surface area contributed by atoms with E-state index in [2.05, 4.69) is 26.8 Å². The molecule has 0 spiro atoms. The second-order valence-electron chi connectivity index (χ2n) is 6.83. The monoisotopic (exact) mass is 319 g/mol. The lowest BCUT2D eigenvalue weighted by Crippen LogP contribution is -2.34. The molecule has 1 saturated heterocycles. The van der Waals surface area contributed by atoms with Crippen LogP contribution in [0.2, 0.25) is 0 Å². The summed E-state index contributed by atoms with van der Waals surface area (Å²) >= 11 is 0. The molecule has 1 aliphatic rings. The first kappa shape index (κ1) is 17.8. The van der Waals surface area contributed by atoms with E-state index in [-0.39, 0.29) is 5.91 Å². The molecule has 0 aliphatic carbocycles. The third-order valence-electron chi connectivity index (χ3n) is 4.44. The molecule has 6 heteroatoms. The minimum absolute atomic E-state index is 0.0217. The summed E-state index contributed by atoms with van der Waals surface area (Å²) in [5, 5.41) is 0. The topological polar surface area (TPSA) is 52.6 Å². The van der Waals surface area contributed by atoms with Crippen LogP contribution in [0.15, 0.2) is 6.07 Å². The van der Waals surface area contributed by atoms with Crippen molar-refractivity contribution in [1.29, 1.82) is 0 Å². The quantitative estimate of drug-likeness (QED) is 0.817. The highest BCUT2D eigenvalue weighted by atomic mass is 16.2. The van der Waals surface area contributed by atoms with Gasteiger partial charge < -0.3 is 14.7 Å². The minimum atomic E-state index is -0.0217. The molecule has 1 amide bonds. The summed E-state index contributed by atoms with van der Waals surface area (Å²) in [7, 11) is 7.99. The highest BCUT2D eigenvalue weighted by Crippen LogP contribution is 2.26. The number of hydrogen-bond acceptors (Lipinski definition) is 5. The average Bonchev–Trinajstić information content (AvgIpc) is 2.51. The van der Waals surface area contributed by atoms with Gasteiger partial charge >= 0.3 is 0 Å². The van der Waals surface area contributed by atoms with Crippen LogP contribution in [0.1, 0.15) is 40.8 Å². The molecular formula is C17H29N5O. The molecule has 2 rings (SSSR count). The predicted octanol–water partition coefficient (Wildman–Crippen LogP) is 1.23. The molecule has 0 radical (unpaired) electrons. The van der Waals surface area contributed by atoms with Gasteiger partial charge in [0, 0.05) is 31.7 Å². The largest absolute Gasteiger partial charge is 0.339 e. The van der Waals surface area contributed by atoms with Crippen molar-refractivity contribution < 1.29 is 4.79 Å². The molecule has 1 aliphatic heterocycles. The Labute approximate surface area is 139 Å². The molecule has 1 aromatic heterocycles. The highest BCUT2D eigenvalue weighted by Gasteiger charge is 2.22. The summed E-state index contributed by atoms with van der Waals surface area (Å²) in [6.45, 7) is 5.57. The van der Waals surface area contributed by atoms with Crippen molar-refractivity contribution in [2.75, 3.05) is 54.4 Å². The molecule has 6 nitrogen and oxygen atoms in total. The third kappa shape index (κ3) is 4.97. The number of amides is 1. The molecule has 0 unspecified atom stereocenters. The Morgan fingerprint density at radius 3 is 2.48 bits per heavy atom. The first-order chi connectivity index (χ1) is 10.9. The van der Waals surface area contributed by atoms with E-state index in [0.29, 0.717) is 24.0 Å². The van der Waals surface area contributed by atoms with E-state index < -0.39 is 0 Å². The van der Waals surface area contributed by atoms with Gasteiger partial charge in [-0.2, -0.15) is 0 Å². The Morgan fingerprint density at radius 2 is 1.87 bits per heavy atom. The fourth-order valence-electron chi connectivity index (χ4n) is 2.86. The summed E-state index contributed by atoms with van der Waals surface area (Å²) in [4.78, 5) is 27.7. The maximum absolute atomic E-state index is 12.6. The van der Waals surface area contributed by atoms with Crippen LogP contribution < -0.4 is 0 Å². The van der Waals surface area contributed by atoms with Crippen molar-refractivity contribution in [3.63, 3.8) is 0 Å². The van der Waals surface area contributed by atoms with E-state index in [1.54, 1.807) is 4.90 Å². The molecule has 128 valence electrons. The second kappa shape index (κ2) is 7.84. The van der Waals surface area contributed by atoms with E-state index in [4.69, 9.17) is 0 Å². The van der Waals surface area contributed by atoms with Gasteiger partial charge in [0.1, 0.15) is 11.5 Å². The normalized spacial score (nSPS) is 16.8. The van der Waals surface area contributed by atoms with Gasteiger partial charge in [-0.25, -0.2) is 9.97 Å². The van der Waals surface area contributed by atoms with Crippen LogP contribution in [0.3, 0.4) is 0 Å². The van der Waals surface area contributed by atoms with Crippen LogP contribution in [0, 0.1) is 6.92 Å². The Morgan fingerprint density at radius 1 is 1.22 bits per heavy atom. The Bertz CT molecular complexity index is 538. The van der Waals surface area contributed by atoms with Crippen molar-refractivity contribution in [2.24, 2.45) is 0 Å². The number of aryl methyl sites for hydroxylation is 1. The maximum Gasteiger partial charge on any atom is 0.272 e. The molecule has 0 atom stereocenters. The van der Waals surface area contributed by atoms with Crippen LogP contribution in [0.5, 0.6) is 0 Å². The van der Waals surface area contributed by atoms with Gasteiger partial charge in [-0.15, -0.1) is 0 Å². The second-order valence-corrected chi connectivity index (χ2v) is 6.83. The number of carbonyl (C=O) groups is 1. The van der Waals surface area contributed by atoms with Crippen LogP contribution in [0.4, 0.5) is 0 Å². The summed E-state index contributed by atoms with van der Waals surface area (Å²) in [5.41, 5.74) is 1.54. The van der Waals surface area contributed by atoms with Crippen molar-refractivity contribution in [1.82, 2.24) is 24.7 Å². The zero-order chi connectivity index (χ0) is 17.0. The summed E-state index contributed by atoms with van der Waals surface area (Å²) in [6.07, 6.45) is 2.19. The molecule has 2 heterocycles. The number of rotatable bonds is 5. The summed E-state index contributed by atoms with van der Waals surface area (Å²) in [6, 6.07) is 1.90. The van der Waals surface area contributed by atoms with E-state index in [0.717, 1.165) is 38.2 Å². The molecular weight excluding hydrogens is 290 g/mol. The zero-order valence-corrected chi connectivity index (χ0v) is 15.0. The predicted molar refractivity (Wildman–Crippen MR) is 91.8 cm³/mol. The SMILES string of the molecule is Cc1nc(C(=O)N(C)CCN(C)C)cc(C2CCN(C)CC2)n1. The van der Waals surface area contributed by atoms with E-state index in [9.17, 15) is 4.79 Å². The maximum atomic E-state index is 12.6. The zero-order valence-electron chi connectivity index (χ0n) is 15.0. The van der Waals surface area contributed by atoms with Crippen molar-refractivity contribution in [2.45, 2.75) is 25.7 Å². The number of aromatic nitrogens is 2. The van der Waals surface area contributed by atoms with Crippen LogP contribution in [-0.4, -0.2) is 84.9 Å². The first-order valence-electron chi connectivity index (χ1n) is 8.31. The van der Waals surface area contributed by atoms with Crippen LogP contribution in [0.25, 0.3) is 0 Å². The number of hydrogen-bond donors (Lipinski definition) is 0. The van der Waals surface area contributed by atoms with E-state index in [1.807, 2.05) is 34.1 Å². The fourth-order valence-corrected chi connectivity index (χ4v) is 2.86.